The number of unbranched alkanes of at least 4 members (excludes halogenated alkanes) is 2. The van der Waals surface area contributed by atoms with Gasteiger partial charge in [-0.25, -0.2) is 0 Å². The van der Waals surface area contributed by atoms with E-state index in [9.17, 15) is 9.59 Å². The van der Waals surface area contributed by atoms with Crippen molar-refractivity contribution in [2.75, 3.05) is 0 Å². The van der Waals surface area contributed by atoms with E-state index in [0.717, 1.165) is 30.0 Å². The Morgan fingerprint density at radius 3 is 2.26 bits per heavy atom. The summed E-state index contributed by atoms with van der Waals surface area (Å²) in [6.07, 6.45) is 3.84. The van der Waals surface area contributed by atoms with Crippen molar-refractivity contribution in [1.82, 2.24) is 0 Å². The van der Waals surface area contributed by atoms with Gasteiger partial charge in [0.05, 0.1) is 6.10 Å². The molecule has 4 heteroatoms. The molecule has 0 radical (unpaired) electrons. The van der Waals surface area contributed by atoms with Crippen molar-refractivity contribution in [3.05, 3.63) is 42.5 Å². The van der Waals surface area contributed by atoms with E-state index in [4.69, 9.17) is 9.47 Å². The zero-order chi connectivity index (χ0) is 19.6. The molecular formula is C23H30O4. The third-order valence-corrected chi connectivity index (χ3v) is 4.37. The Balaban J connectivity index is 1.66. The van der Waals surface area contributed by atoms with Crippen LogP contribution in [0.15, 0.2) is 42.5 Å². The second-order valence-corrected chi connectivity index (χ2v) is 7.44. The molecule has 0 amide bonds. The minimum Gasteiger partial charge on any atom is -0.463 e. The van der Waals surface area contributed by atoms with Gasteiger partial charge in [-0.3, -0.25) is 9.59 Å². The third-order valence-electron chi connectivity index (χ3n) is 4.37. The average molecular weight is 370 g/mol. The summed E-state index contributed by atoms with van der Waals surface area (Å²) in [6, 6.07) is 13.5. The fourth-order valence-corrected chi connectivity index (χ4v) is 3.17. The maximum atomic E-state index is 12.1. The Morgan fingerprint density at radius 1 is 0.852 bits per heavy atom. The fourth-order valence-electron chi connectivity index (χ4n) is 3.17. The number of fused-ring (bicyclic) bond motifs is 1. The molecule has 0 aliphatic rings. The van der Waals surface area contributed by atoms with Gasteiger partial charge < -0.3 is 9.47 Å². The average Bonchev–Trinajstić information content (AvgIpc) is 2.61. The predicted molar refractivity (Wildman–Crippen MR) is 108 cm³/mol. The van der Waals surface area contributed by atoms with Gasteiger partial charge in [-0.05, 0) is 43.6 Å². The molecular weight excluding hydrogens is 340 g/mol. The summed E-state index contributed by atoms with van der Waals surface area (Å²) < 4.78 is 10.9. The SMILES string of the molecule is CC(C)CC(C)OC(=O)CCCCCC(=O)Oc1cccc2ccccc12. The summed E-state index contributed by atoms with van der Waals surface area (Å²) in [5.74, 6) is 0.724. The van der Waals surface area contributed by atoms with Crippen LogP contribution in [0.4, 0.5) is 0 Å². The maximum Gasteiger partial charge on any atom is 0.311 e. The van der Waals surface area contributed by atoms with Gasteiger partial charge >= 0.3 is 11.9 Å². The van der Waals surface area contributed by atoms with Crippen molar-refractivity contribution in [2.45, 2.75) is 65.4 Å². The molecule has 27 heavy (non-hydrogen) atoms. The summed E-state index contributed by atoms with van der Waals surface area (Å²) in [6.45, 7) is 6.16. The molecule has 0 N–H and O–H groups in total. The van der Waals surface area contributed by atoms with Crippen LogP contribution in [0.5, 0.6) is 5.75 Å². The lowest BCUT2D eigenvalue weighted by Gasteiger charge is -2.15. The lowest BCUT2D eigenvalue weighted by atomic mass is 10.1. The van der Waals surface area contributed by atoms with Crippen LogP contribution < -0.4 is 4.74 Å². The molecule has 2 aromatic rings. The Labute approximate surface area is 161 Å². The number of rotatable bonds is 10. The number of hydrogen-bond acceptors (Lipinski definition) is 4. The smallest absolute Gasteiger partial charge is 0.311 e. The largest absolute Gasteiger partial charge is 0.463 e. The summed E-state index contributed by atoms with van der Waals surface area (Å²) in [4.78, 5) is 23.9. The molecule has 0 aliphatic carbocycles. The standard InChI is InChI=1S/C23H30O4/c1-17(2)16-18(3)26-22(24)14-5-4-6-15-23(25)27-21-13-9-11-19-10-7-8-12-20(19)21/h7-13,17-18H,4-6,14-16H2,1-3H3. The molecule has 0 aliphatic heterocycles. The number of carbonyl (C=O) groups excluding carboxylic acids is 2. The number of benzene rings is 2. The molecule has 2 aromatic carbocycles. The zero-order valence-corrected chi connectivity index (χ0v) is 16.6. The van der Waals surface area contributed by atoms with Crippen LogP contribution in [-0.4, -0.2) is 18.0 Å². The molecule has 0 saturated heterocycles. The molecule has 0 bridgehead atoms. The molecule has 146 valence electrons. The zero-order valence-electron chi connectivity index (χ0n) is 16.6. The Morgan fingerprint density at radius 2 is 1.52 bits per heavy atom. The van der Waals surface area contributed by atoms with Crippen LogP contribution in [0, 0.1) is 5.92 Å². The van der Waals surface area contributed by atoms with Crippen LogP contribution >= 0.6 is 0 Å². The van der Waals surface area contributed by atoms with Crippen molar-refractivity contribution in [1.29, 1.82) is 0 Å². The summed E-state index contributed by atoms with van der Waals surface area (Å²) in [5, 5.41) is 1.99. The van der Waals surface area contributed by atoms with Gasteiger partial charge in [0.25, 0.3) is 0 Å². The van der Waals surface area contributed by atoms with Crippen molar-refractivity contribution in [2.24, 2.45) is 5.92 Å². The van der Waals surface area contributed by atoms with Gasteiger partial charge in [-0.1, -0.05) is 56.7 Å². The lowest BCUT2D eigenvalue weighted by molar-refractivity contribution is -0.149. The minimum absolute atomic E-state index is 0.0341. The predicted octanol–water partition coefficient (Wildman–Crippen LogP) is 5.67. The summed E-state index contributed by atoms with van der Waals surface area (Å²) in [7, 11) is 0. The maximum absolute atomic E-state index is 12.1. The molecule has 0 fully saturated rings. The van der Waals surface area contributed by atoms with Gasteiger partial charge in [0.2, 0.25) is 0 Å². The Kier molecular flexibility index (Phi) is 8.31. The highest BCUT2D eigenvalue weighted by Gasteiger charge is 2.11. The van der Waals surface area contributed by atoms with Gasteiger partial charge in [0.15, 0.2) is 0 Å². The van der Waals surface area contributed by atoms with E-state index >= 15 is 0 Å². The van der Waals surface area contributed by atoms with Crippen LogP contribution in [0.25, 0.3) is 10.8 Å². The Bertz CT molecular complexity index is 746. The van der Waals surface area contributed by atoms with E-state index in [1.54, 1.807) is 0 Å². The highest BCUT2D eigenvalue weighted by molar-refractivity contribution is 5.90. The fraction of sp³-hybridized carbons (Fsp3) is 0.478. The first kappa shape index (κ1) is 20.9. The molecule has 2 rings (SSSR count). The number of carbonyl (C=O) groups is 2. The second-order valence-electron chi connectivity index (χ2n) is 7.44. The first-order valence-corrected chi connectivity index (χ1v) is 9.83. The second kappa shape index (κ2) is 10.7. The van der Waals surface area contributed by atoms with Crippen LogP contribution in [0.3, 0.4) is 0 Å². The van der Waals surface area contributed by atoms with E-state index in [0.29, 0.717) is 30.9 Å². The van der Waals surface area contributed by atoms with Gasteiger partial charge in [0.1, 0.15) is 5.75 Å². The number of esters is 2. The molecule has 1 unspecified atom stereocenters. The quantitative estimate of drug-likeness (QED) is 0.307. The monoisotopic (exact) mass is 370 g/mol. The van der Waals surface area contributed by atoms with Crippen molar-refractivity contribution in [3.8, 4) is 5.75 Å². The van der Waals surface area contributed by atoms with Crippen molar-refractivity contribution >= 4 is 22.7 Å². The number of hydrogen-bond donors (Lipinski definition) is 0. The third kappa shape index (κ3) is 7.41. The summed E-state index contributed by atoms with van der Waals surface area (Å²) in [5.41, 5.74) is 0. The van der Waals surface area contributed by atoms with Gasteiger partial charge in [0, 0.05) is 18.2 Å². The minimum atomic E-state index is -0.237. The van der Waals surface area contributed by atoms with Crippen LogP contribution in [0.2, 0.25) is 0 Å². The molecule has 0 saturated carbocycles. The summed E-state index contributed by atoms with van der Waals surface area (Å²) >= 11 is 0. The highest BCUT2D eigenvalue weighted by Crippen LogP contribution is 2.25. The van der Waals surface area contributed by atoms with Gasteiger partial charge in [-0.15, -0.1) is 0 Å². The first-order chi connectivity index (χ1) is 13.0. The van der Waals surface area contributed by atoms with Crippen molar-refractivity contribution < 1.29 is 19.1 Å². The van der Waals surface area contributed by atoms with Crippen LogP contribution in [0.1, 0.15) is 59.3 Å². The van der Waals surface area contributed by atoms with E-state index in [2.05, 4.69) is 13.8 Å². The molecule has 0 aromatic heterocycles. The first-order valence-electron chi connectivity index (χ1n) is 9.83. The molecule has 0 spiro atoms. The van der Waals surface area contributed by atoms with E-state index in [-0.39, 0.29) is 18.0 Å². The molecule has 4 nitrogen and oxygen atoms in total. The van der Waals surface area contributed by atoms with E-state index in [1.165, 1.54) is 0 Å². The van der Waals surface area contributed by atoms with Crippen molar-refractivity contribution in [3.63, 3.8) is 0 Å². The van der Waals surface area contributed by atoms with E-state index in [1.807, 2.05) is 49.4 Å². The highest BCUT2D eigenvalue weighted by atomic mass is 16.5. The lowest BCUT2D eigenvalue weighted by Crippen LogP contribution is -2.16. The normalized spacial score (nSPS) is 12.1. The van der Waals surface area contributed by atoms with Crippen LogP contribution in [-0.2, 0) is 14.3 Å². The number of ether oxygens (including phenoxy) is 2. The van der Waals surface area contributed by atoms with E-state index < -0.39 is 0 Å². The Hall–Kier alpha value is -2.36. The topological polar surface area (TPSA) is 52.6 Å². The van der Waals surface area contributed by atoms with Gasteiger partial charge in [-0.2, -0.15) is 0 Å². The molecule has 0 heterocycles. The molecule has 1 atom stereocenters.